The van der Waals surface area contributed by atoms with Crippen LogP contribution in [-0.2, 0) is 6.54 Å². The van der Waals surface area contributed by atoms with E-state index in [0.717, 1.165) is 6.54 Å². The second-order valence-electron chi connectivity index (χ2n) is 3.65. The number of nitrogens with zero attached hydrogens (tertiary/aromatic N) is 1. The number of hydrogen-bond donors (Lipinski definition) is 2. The van der Waals surface area contributed by atoms with Crippen LogP contribution < -0.4 is 11.1 Å². The first-order chi connectivity index (χ1) is 8.31. The zero-order chi connectivity index (χ0) is 12.1. The van der Waals surface area contributed by atoms with Gasteiger partial charge in [-0.05, 0) is 23.6 Å². The van der Waals surface area contributed by atoms with E-state index >= 15 is 0 Å². The third-order valence-electron chi connectivity index (χ3n) is 2.40. The number of halogens is 1. The van der Waals surface area contributed by atoms with Gasteiger partial charge < -0.3 is 15.6 Å². The molecule has 18 heavy (non-hydrogen) atoms. The molecule has 0 fully saturated rings. The van der Waals surface area contributed by atoms with E-state index in [2.05, 4.69) is 11.4 Å². The van der Waals surface area contributed by atoms with Gasteiger partial charge in [0.2, 0.25) is 0 Å². The van der Waals surface area contributed by atoms with Gasteiger partial charge in [0.25, 0.3) is 5.91 Å². The lowest BCUT2D eigenvalue weighted by Crippen LogP contribution is -2.30. The summed E-state index contributed by atoms with van der Waals surface area (Å²) in [5.41, 5.74) is 6.03. The number of rotatable bonds is 5. The molecule has 98 valence electrons. The lowest BCUT2D eigenvalue weighted by molar-refractivity contribution is 0.0946. The molecule has 0 saturated heterocycles. The van der Waals surface area contributed by atoms with Crippen LogP contribution in [0.1, 0.15) is 15.4 Å². The summed E-state index contributed by atoms with van der Waals surface area (Å²) in [6.07, 6.45) is 1.91. The zero-order valence-corrected chi connectivity index (χ0v) is 11.5. The van der Waals surface area contributed by atoms with Crippen molar-refractivity contribution in [1.82, 2.24) is 9.88 Å². The molecule has 4 nitrogen and oxygen atoms in total. The van der Waals surface area contributed by atoms with Gasteiger partial charge in [0.15, 0.2) is 0 Å². The zero-order valence-electron chi connectivity index (χ0n) is 9.83. The lowest BCUT2D eigenvalue weighted by Gasteiger charge is -2.08. The van der Waals surface area contributed by atoms with E-state index in [1.165, 1.54) is 4.88 Å². The highest BCUT2D eigenvalue weighted by atomic mass is 35.5. The summed E-state index contributed by atoms with van der Waals surface area (Å²) in [6, 6.07) is 7.77. The number of hydrogen-bond acceptors (Lipinski definition) is 3. The molecule has 0 aliphatic rings. The van der Waals surface area contributed by atoms with Crippen molar-refractivity contribution in [2.45, 2.75) is 6.54 Å². The molecular formula is C12H16ClN3OS. The molecule has 0 unspecified atom stereocenters. The summed E-state index contributed by atoms with van der Waals surface area (Å²) in [6.45, 7) is 1.69. The fourth-order valence-electron chi connectivity index (χ4n) is 1.60. The van der Waals surface area contributed by atoms with Crippen LogP contribution in [0, 0.1) is 0 Å². The summed E-state index contributed by atoms with van der Waals surface area (Å²) in [4.78, 5) is 13.1. The molecule has 2 rings (SSSR count). The minimum atomic E-state index is -0.0722. The molecule has 0 aromatic carbocycles. The van der Waals surface area contributed by atoms with Crippen LogP contribution in [0.4, 0.5) is 0 Å². The predicted molar refractivity (Wildman–Crippen MR) is 76.5 cm³/mol. The maximum Gasteiger partial charge on any atom is 0.267 e. The molecular weight excluding hydrogens is 270 g/mol. The molecule has 2 heterocycles. The molecule has 0 bridgehead atoms. The number of aromatic nitrogens is 1. The molecule has 6 heteroatoms. The summed E-state index contributed by atoms with van der Waals surface area (Å²) >= 11 is 1.69. The highest BCUT2D eigenvalue weighted by molar-refractivity contribution is 7.09. The van der Waals surface area contributed by atoms with Crippen LogP contribution >= 0.6 is 23.7 Å². The first kappa shape index (κ1) is 14.8. The van der Waals surface area contributed by atoms with Gasteiger partial charge in [0.1, 0.15) is 5.69 Å². The molecule has 2 aromatic heterocycles. The number of amides is 1. The summed E-state index contributed by atoms with van der Waals surface area (Å²) in [7, 11) is 0. The fraction of sp³-hybridized carbons (Fsp3) is 0.250. The number of nitrogens with two attached hydrogens (primary N) is 1. The molecule has 1 amide bonds. The van der Waals surface area contributed by atoms with E-state index in [4.69, 9.17) is 5.73 Å². The molecule has 0 aliphatic carbocycles. The summed E-state index contributed by atoms with van der Waals surface area (Å²) in [5, 5.41) is 4.81. The Hall–Kier alpha value is -1.30. The molecule has 2 aromatic rings. The largest absolute Gasteiger partial charge is 0.349 e. The van der Waals surface area contributed by atoms with Crippen LogP contribution in [0.5, 0.6) is 0 Å². The van der Waals surface area contributed by atoms with Gasteiger partial charge in [-0.2, -0.15) is 0 Å². The minimum absolute atomic E-state index is 0. The van der Waals surface area contributed by atoms with Crippen molar-refractivity contribution < 1.29 is 4.79 Å². The molecule has 0 spiro atoms. The fourth-order valence-corrected chi connectivity index (χ4v) is 2.31. The van der Waals surface area contributed by atoms with Crippen molar-refractivity contribution in [1.29, 1.82) is 0 Å². The Morgan fingerprint density at radius 2 is 2.22 bits per heavy atom. The number of nitrogens with one attached hydrogen (secondary N) is 1. The van der Waals surface area contributed by atoms with Crippen molar-refractivity contribution in [3.8, 4) is 0 Å². The smallest absolute Gasteiger partial charge is 0.267 e. The average molecular weight is 286 g/mol. The third kappa shape index (κ3) is 3.60. The van der Waals surface area contributed by atoms with Gasteiger partial charge in [0.05, 0.1) is 6.54 Å². The SMILES string of the molecule is Cl.NCCNC(=O)c1cccn1Cc1cccs1. The number of carbonyl (C=O) groups excluding carboxylic acids is 1. The van der Waals surface area contributed by atoms with Crippen molar-refractivity contribution in [3.63, 3.8) is 0 Å². The number of thiophene rings is 1. The summed E-state index contributed by atoms with van der Waals surface area (Å²) in [5.74, 6) is -0.0722. The van der Waals surface area contributed by atoms with E-state index in [9.17, 15) is 4.79 Å². The highest BCUT2D eigenvalue weighted by Crippen LogP contribution is 2.12. The Bertz CT molecular complexity index is 481. The predicted octanol–water partition coefficient (Wildman–Crippen LogP) is 1.71. The first-order valence-electron chi connectivity index (χ1n) is 5.47. The Balaban J connectivity index is 0.00000162. The van der Waals surface area contributed by atoms with Crippen molar-refractivity contribution in [2.75, 3.05) is 13.1 Å². The van der Waals surface area contributed by atoms with Gasteiger partial charge in [-0.25, -0.2) is 0 Å². The van der Waals surface area contributed by atoms with E-state index in [-0.39, 0.29) is 18.3 Å². The Labute approximate surface area is 116 Å². The molecule has 3 N–H and O–H groups in total. The maximum atomic E-state index is 11.8. The lowest BCUT2D eigenvalue weighted by atomic mass is 10.3. The Kier molecular flexibility index (Phi) is 5.91. The maximum absolute atomic E-state index is 11.8. The normalized spacial score (nSPS) is 9.83. The van der Waals surface area contributed by atoms with Gasteiger partial charge in [-0.15, -0.1) is 23.7 Å². The van der Waals surface area contributed by atoms with Crippen LogP contribution in [0.2, 0.25) is 0 Å². The van der Waals surface area contributed by atoms with Gasteiger partial charge in [-0.1, -0.05) is 6.07 Å². The van der Waals surface area contributed by atoms with Crippen LogP contribution in [0.3, 0.4) is 0 Å². The topological polar surface area (TPSA) is 60.0 Å². The molecule has 0 radical (unpaired) electrons. The minimum Gasteiger partial charge on any atom is -0.349 e. The van der Waals surface area contributed by atoms with Crippen molar-refractivity contribution in [2.24, 2.45) is 5.73 Å². The molecule has 0 saturated carbocycles. The van der Waals surface area contributed by atoms with E-state index in [1.54, 1.807) is 11.3 Å². The van der Waals surface area contributed by atoms with Gasteiger partial charge in [-0.3, -0.25) is 4.79 Å². The van der Waals surface area contributed by atoms with Crippen molar-refractivity contribution in [3.05, 3.63) is 46.4 Å². The summed E-state index contributed by atoms with van der Waals surface area (Å²) < 4.78 is 1.94. The second kappa shape index (κ2) is 7.20. The molecule has 0 atom stereocenters. The third-order valence-corrected chi connectivity index (χ3v) is 3.26. The quantitative estimate of drug-likeness (QED) is 0.879. The number of carbonyl (C=O) groups is 1. The van der Waals surface area contributed by atoms with Crippen LogP contribution in [-0.4, -0.2) is 23.6 Å². The second-order valence-corrected chi connectivity index (χ2v) is 4.68. The Morgan fingerprint density at radius 3 is 2.89 bits per heavy atom. The van der Waals surface area contributed by atoms with Gasteiger partial charge in [0, 0.05) is 24.2 Å². The average Bonchev–Trinajstić information content (AvgIpc) is 2.97. The van der Waals surface area contributed by atoms with Crippen LogP contribution in [0.25, 0.3) is 0 Å². The first-order valence-corrected chi connectivity index (χ1v) is 6.35. The van der Waals surface area contributed by atoms with Crippen molar-refractivity contribution >= 4 is 29.7 Å². The standard InChI is InChI=1S/C12H15N3OS.ClH/c13-5-6-14-12(16)11-4-1-7-15(11)9-10-3-2-8-17-10;/h1-4,7-8H,5-6,9,13H2,(H,14,16);1H. The molecule has 0 aliphatic heterocycles. The van der Waals surface area contributed by atoms with Gasteiger partial charge >= 0.3 is 0 Å². The van der Waals surface area contributed by atoms with E-state index in [0.29, 0.717) is 18.8 Å². The Morgan fingerprint density at radius 1 is 1.39 bits per heavy atom. The highest BCUT2D eigenvalue weighted by Gasteiger charge is 2.10. The van der Waals surface area contributed by atoms with Crippen LogP contribution in [0.15, 0.2) is 35.8 Å². The van der Waals surface area contributed by atoms with E-state index in [1.807, 2.05) is 34.3 Å². The van der Waals surface area contributed by atoms with E-state index < -0.39 is 0 Å². The monoisotopic (exact) mass is 285 g/mol.